The monoisotopic (exact) mass is 397 g/mol. The van der Waals surface area contributed by atoms with Gasteiger partial charge in [0.05, 0.1) is 17.9 Å². The molecule has 1 aliphatic heterocycles. The van der Waals surface area contributed by atoms with Gasteiger partial charge in [0, 0.05) is 30.6 Å². The molecule has 1 fully saturated rings. The van der Waals surface area contributed by atoms with Crippen molar-refractivity contribution in [2.45, 2.75) is 52.0 Å². The summed E-state index contributed by atoms with van der Waals surface area (Å²) in [6.07, 6.45) is 2.14. The number of nitrogens with one attached hydrogen (secondary N) is 1. The molecule has 0 saturated carbocycles. The summed E-state index contributed by atoms with van der Waals surface area (Å²) < 4.78 is 1.84. The Morgan fingerprint density at radius 1 is 1.21 bits per heavy atom. The number of amides is 1. The van der Waals surface area contributed by atoms with Crippen LogP contribution in [0.4, 0.5) is 5.82 Å². The molecule has 1 unspecified atom stereocenters. The molecule has 1 saturated heterocycles. The van der Waals surface area contributed by atoms with Gasteiger partial charge in [-0.25, -0.2) is 4.68 Å². The maximum absolute atomic E-state index is 13.0. The van der Waals surface area contributed by atoms with Crippen LogP contribution in [0.15, 0.2) is 36.4 Å². The zero-order valence-corrected chi connectivity index (χ0v) is 18.5. The average Bonchev–Trinajstić information content (AvgIpc) is 3.01. The van der Waals surface area contributed by atoms with Gasteiger partial charge in [-0.05, 0) is 38.6 Å². The van der Waals surface area contributed by atoms with E-state index in [0.717, 1.165) is 49.7 Å². The van der Waals surface area contributed by atoms with Crippen molar-refractivity contribution in [1.82, 2.24) is 19.6 Å². The van der Waals surface area contributed by atoms with Crippen molar-refractivity contribution < 1.29 is 4.79 Å². The Labute approximate surface area is 174 Å². The number of nitrogens with zero attached hydrogens (tertiary/aromatic N) is 4. The number of para-hydroxylation sites is 1. The molecule has 1 aromatic heterocycles. The van der Waals surface area contributed by atoms with Crippen LogP contribution in [0.1, 0.15) is 46.2 Å². The fraction of sp³-hybridized carbons (Fsp3) is 0.565. The molecular weight excluding hydrogens is 362 g/mol. The highest BCUT2D eigenvalue weighted by Gasteiger charge is 2.25. The fourth-order valence-corrected chi connectivity index (χ4v) is 3.86. The second kappa shape index (κ2) is 9.09. The molecule has 1 N–H and O–H groups in total. The third kappa shape index (κ3) is 5.46. The van der Waals surface area contributed by atoms with Crippen LogP contribution in [0, 0.1) is 0 Å². The van der Waals surface area contributed by atoms with Gasteiger partial charge < -0.3 is 10.2 Å². The predicted molar refractivity (Wildman–Crippen MR) is 119 cm³/mol. The van der Waals surface area contributed by atoms with Gasteiger partial charge >= 0.3 is 0 Å². The van der Waals surface area contributed by atoms with Gasteiger partial charge in [0.25, 0.3) is 0 Å². The van der Waals surface area contributed by atoms with E-state index in [-0.39, 0.29) is 11.3 Å². The smallest absolute Gasteiger partial charge is 0.239 e. The van der Waals surface area contributed by atoms with E-state index in [4.69, 9.17) is 5.10 Å². The summed E-state index contributed by atoms with van der Waals surface area (Å²) in [6.45, 7) is 12.1. The van der Waals surface area contributed by atoms with Gasteiger partial charge in [0.2, 0.25) is 5.91 Å². The number of carbonyl (C=O) groups is 1. The summed E-state index contributed by atoms with van der Waals surface area (Å²) in [5.41, 5.74) is 1.81. The van der Waals surface area contributed by atoms with Crippen LogP contribution in [-0.2, 0) is 10.2 Å². The van der Waals surface area contributed by atoms with Crippen molar-refractivity contribution in [3.63, 3.8) is 0 Å². The van der Waals surface area contributed by atoms with Gasteiger partial charge in [-0.3, -0.25) is 9.69 Å². The summed E-state index contributed by atoms with van der Waals surface area (Å²) >= 11 is 0. The maximum Gasteiger partial charge on any atom is 0.239 e. The van der Waals surface area contributed by atoms with Crippen molar-refractivity contribution in [3.8, 4) is 5.69 Å². The zero-order valence-electron chi connectivity index (χ0n) is 18.5. The minimum absolute atomic E-state index is 0.0190. The SMILES string of the molecule is CCC1CN(C)CCCN1CC(=O)Nc1cc(C(C)(C)C)nn1-c1ccccc1. The summed E-state index contributed by atoms with van der Waals surface area (Å²) in [6, 6.07) is 12.4. The topological polar surface area (TPSA) is 53.4 Å². The van der Waals surface area contributed by atoms with Crippen molar-refractivity contribution in [2.24, 2.45) is 0 Å². The van der Waals surface area contributed by atoms with Crippen LogP contribution in [0.3, 0.4) is 0 Å². The predicted octanol–water partition coefficient (Wildman–Crippen LogP) is 3.52. The number of anilines is 1. The van der Waals surface area contributed by atoms with Gasteiger partial charge in [0.1, 0.15) is 5.82 Å². The first-order valence-electron chi connectivity index (χ1n) is 10.7. The molecular formula is C23H35N5O. The highest BCUT2D eigenvalue weighted by atomic mass is 16.2. The van der Waals surface area contributed by atoms with Crippen molar-refractivity contribution in [3.05, 3.63) is 42.1 Å². The molecule has 0 bridgehead atoms. The standard InChI is InChI=1S/C23H35N5O/c1-6-18-16-26(5)13-10-14-27(18)17-22(29)24-21-15-20(23(2,3)4)25-28(21)19-11-8-7-9-12-19/h7-9,11-12,15,18H,6,10,13-14,16-17H2,1-5H3,(H,24,29). The Kier molecular flexibility index (Phi) is 6.75. The highest BCUT2D eigenvalue weighted by Crippen LogP contribution is 2.26. The summed E-state index contributed by atoms with van der Waals surface area (Å²) in [5, 5.41) is 7.92. The van der Waals surface area contributed by atoms with Crippen molar-refractivity contribution in [2.75, 3.05) is 38.5 Å². The Bertz CT molecular complexity index is 808. The summed E-state index contributed by atoms with van der Waals surface area (Å²) in [5.74, 6) is 0.747. The number of carbonyl (C=O) groups excluding carboxylic acids is 1. The lowest BCUT2D eigenvalue weighted by atomic mass is 9.92. The summed E-state index contributed by atoms with van der Waals surface area (Å²) in [4.78, 5) is 17.7. The van der Waals surface area contributed by atoms with E-state index in [2.05, 4.69) is 49.9 Å². The van der Waals surface area contributed by atoms with Crippen LogP contribution >= 0.6 is 0 Å². The number of hydrogen-bond acceptors (Lipinski definition) is 4. The van der Waals surface area contributed by atoms with Crippen molar-refractivity contribution >= 4 is 11.7 Å². The Morgan fingerprint density at radius 3 is 2.59 bits per heavy atom. The second-order valence-corrected chi connectivity index (χ2v) is 9.11. The average molecular weight is 398 g/mol. The Morgan fingerprint density at radius 2 is 1.93 bits per heavy atom. The summed E-state index contributed by atoms with van der Waals surface area (Å²) in [7, 11) is 2.17. The Hall–Kier alpha value is -2.18. The molecule has 2 aromatic rings. The van der Waals surface area contributed by atoms with Gasteiger partial charge in [-0.1, -0.05) is 45.9 Å². The van der Waals surface area contributed by atoms with Crippen molar-refractivity contribution in [1.29, 1.82) is 0 Å². The molecule has 1 atom stereocenters. The van der Waals surface area contributed by atoms with Crippen LogP contribution in [0.5, 0.6) is 0 Å². The zero-order chi connectivity index (χ0) is 21.0. The third-order valence-electron chi connectivity index (χ3n) is 5.59. The lowest BCUT2D eigenvalue weighted by Gasteiger charge is -2.29. The first-order valence-corrected chi connectivity index (χ1v) is 10.7. The minimum atomic E-state index is -0.0951. The normalized spacial score (nSPS) is 19.1. The van der Waals surface area contributed by atoms with E-state index in [1.807, 2.05) is 41.1 Å². The molecule has 6 nitrogen and oxygen atoms in total. The molecule has 1 amide bonds. The van der Waals surface area contributed by atoms with Crippen LogP contribution in [0.25, 0.3) is 5.69 Å². The number of likely N-dealkylation sites (N-methyl/N-ethyl adjacent to an activating group) is 1. The molecule has 29 heavy (non-hydrogen) atoms. The largest absolute Gasteiger partial charge is 0.309 e. The number of rotatable bonds is 5. The molecule has 2 heterocycles. The van der Waals surface area contributed by atoms with E-state index < -0.39 is 0 Å². The van der Waals surface area contributed by atoms with E-state index in [1.54, 1.807) is 0 Å². The van der Waals surface area contributed by atoms with Crippen LogP contribution in [-0.4, -0.2) is 64.8 Å². The number of hydrogen-bond donors (Lipinski definition) is 1. The van der Waals surface area contributed by atoms with Gasteiger partial charge in [0.15, 0.2) is 0 Å². The van der Waals surface area contributed by atoms with Gasteiger partial charge in [-0.2, -0.15) is 5.10 Å². The highest BCUT2D eigenvalue weighted by molar-refractivity contribution is 5.91. The van der Waals surface area contributed by atoms with Crippen LogP contribution in [0.2, 0.25) is 0 Å². The van der Waals surface area contributed by atoms with E-state index in [1.165, 1.54) is 0 Å². The molecule has 1 aromatic carbocycles. The molecule has 0 aliphatic carbocycles. The number of aromatic nitrogens is 2. The molecule has 0 spiro atoms. The first-order chi connectivity index (χ1) is 13.8. The molecule has 6 heteroatoms. The molecule has 1 aliphatic rings. The maximum atomic E-state index is 13.0. The molecule has 3 rings (SSSR count). The third-order valence-corrected chi connectivity index (χ3v) is 5.59. The van der Waals surface area contributed by atoms with E-state index >= 15 is 0 Å². The number of benzene rings is 1. The van der Waals surface area contributed by atoms with Crippen LogP contribution < -0.4 is 5.32 Å². The fourth-order valence-electron chi connectivity index (χ4n) is 3.86. The second-order valence-electron chi connectivity index (χ2n) is 9.11. The molecule has 158 valence electrons. The minimum Gasteiger partial charge on any atom is -0.309 e. The Balaban J connectivity index is 1.79. The van der Waals surface area contributed by atoms with Gasteiger partial charge in [-0.15, -0.1) is 0 Å². The first kappa shape index (κ1) is 21.5. The lowest BCUT2D eigenvalue weighted by Crippen LogP contribution is -2.43. The van der Waals surface area contributed by atoms with E-state index in [0.29, 0.717) is 12.6 Å². The lowest BCUT2D eigenvalue weighted by molar-refractivity contribution is -0.117. The quantitative estimate of drug-likeness (QED) is 0.839. The molecule has 0 radical (unpaired) electrons. The van der Waals surface area contributed by atoms with E-state index in [9.17, 15) is 4.79 Å².